The molecular weight excluding hydrogens is 112 g/mol. The molecule has 1 aliphatic rings. The predicted octanol–water partition coefficient (Wildman–Crippen LogP) is 1.19. The Morgan fingerprint density at radius 2 is 2.33 bits per heavy atom. The number of benzene rings is 1. The second-order valence-corrected chi connectivity index (χ2v) is 2.27. The molecule has 0 unspecified atom stereocenters. The molecule has 46 valence electrons. The molecule has 0 bridgehead atoms. The molecule has 1 aliphatic heterocycles. The molecule has 1 heterocycles. The lowest BCUT2D eigenvalue weighted by Crippen LogP contribution is -2.13. The average molecular weight is 120 g/mol. The van der Waals surface area contributed by atoms with Gasteiger partial charge in [-0.25, -0.2) is 0 Å². The van der Waals surface area contributed by atoms with Crippen LogP contribution in [-0.2, 0) is 6.54 Å². The molecule has 0 fully saturated rings. The van der Waals surface area contributed by atoms with Crippen molar-refractivity contribution in [3.05, 3.63) is 23.8 Å². The van der Waals surface area contributed by atoms with Gasteiger partial charge in [-0.1, -0.05) is 6.07 Å². The number of nitrogens with one attached hydrogen (secondary N) is 1. The van der Waals surface area contributed by atoms with Gasteiger partial charge >= 0.3 is 0 Å². The van der Waals surface area contributed by atoms with E-state index in [0.717, 1.165) is 12.2 Å². The summed E-state index contributed by atoms with van der Waals surface area (Å²) in [5.74, 6) is 0. The zero-order valence-electron chi connectivity index (χ0n) is 5.02. The van der Waals surface area contributed by atoms with Crippen LogP contribution >= 0.6 is 0 Å². The zero-order valence-corrected chi connectivity index (χ0v) is 5.02. The Morgan fingerprint density at radius 1 is 1.44 bits per heavy atom. The maximum absolute atomic E-state index is 5.52. The molecule has 2 rings (SSSR count). The van der Waals surface area contributed by atoms with Crippen molar-refractivity contribution in [2.45, 2.75) is 6.54 Å². The van der Waals surface area contributed by atoms with Crippen LogP contribution in [0.5, 0.6) is 0 Å². The third-order valence-electron chi connectivity index (χ3n) is 1.60. The Kier molecular flexibility index (Phi) is 0.730. The molecule has 3 N–H and O–H groups in total. The van der Waals surface area contributed by atoms with Gasteiger partial charge in [0.15, 0.2) is 0 Å². The van der Waals surface area contributed by atoms with Gasteiger partial charge in [0.1, 0.15) is 0 Å². The van der Waals surface area contributed by atoms with Crippen LogP contribution in [0.2, 0.25) is 0 Å². The van der Waals surface area contributed by atoms with Crippen LogP contribution in [0.3, 0.4) is 0 Å². The molecule has 9 heavy (non-hydrogen) atoms. The lowest BCUT2D eigenvalue weighted by molar-refractivity contribution is 1.05. The molecule has 2 nitrogen and oxygen atoms in total. The van der Waals surface area contributed by atoms with Gasteiger partial charge in [-0.3, -0.25) is 0 Å². The molecule has 2 heteroatoms. The third kappa shape index (κ3) is 0.560. The summed E-state index contributed by atoms with van der Waals surface area (Å²) in [5, 5.41) is 3.15. The summed E-state index contributed by atoms with van der Waals surface area (Å²) in [6.07, 6.45) is 0. The number of anilines is 2. The highest BCUT2D eigenvalue weighted by Gasteiger charge is 2.09. The van der Waals surface area contributed by atoms with Gasteiger partial charge in [-0.15, -0.1) is 0 Å². The fourth-order valence-corrected chi connectivity index (χ4v) is 0.997. The number of rotatable bonds is 0. The van der Waals surface area contributed by atoms with Crippen LogP contribution in [0.15, 0.2) is 18.2 Å². The SMILES string of the molecule is Nc1ccc2c(c1)NC2. The second kappa shape index (κ2) is 1.41. The Bertz CT molecular complexity index is 243. The van der Waals surface area contributed by atoms with Crippen molar-refractivity contribution in [1.29, 1.82) is 0 Å². The molecule has 0 radical (unpaired) electrons. The largest absolute Gasteiger partial charge is 0.399 e. The topological polar surface area (TPSA) is 38.0 Å². The lowest BCUT2D eigenvalue weighted by Gasteiger charge is -2.20. The minimum Gasteiger partial charge on any atom is -0.399 e. The van der Waals surface area contributed by atoms with Crippen molar-refractivity contribution in [1.82, 2.24) is 0 Å². The van der Waals surface area contributed by atoms with Crippen LogP contribution in [0.25, 0.3) is 0 Å². The van der Waals surface area contributed by atoms with Crippen LogP contribution < -0.4 is 11.1 Å². The Hall–Kier alpha value is -1.18. The minimum atomic E-state index is 0.834. The summed E-state index contributed by atoms with van der Waals surface area (Å²) >= 11 is 0. The van der Waals surface area contributed by atoms with Crippen LogP contribution in [0.1, 0.15) is 5.56 Å². The summed E-state index contributed by atoms with van der Waals surface area (Å²) in [6, 6.07) is 5.94. The lowest BCUT2D eigenvalue weighted by atomic mass is 10.1. The minimum absolute atomic E-state index is 0.834. The van der Waals surface area contributed by atoms with Gasteiger partial charge in [0.2, 0.25) is 0 Å². The van der Waals surface area contributed by atoms with E-state index in [-0.39, 0.29) is 0 Å². The van der Waals surface area contributed by atoms with E-state index < -0.39 is 0 Å². The standard InChI is InChI=1S/C7H8N2/c8-6-2-1-5-4-9-7(5)3-6/h1-3,9H,4,8H2. The number of hydrogen-bond donors (Lipinski definition) is 2. The van der Waals surface area contributed by atoms with Crippen molar-refractivity contribution in [3.8, 4) is 0 Å². The first-order valence-corrected chi connectivity index (χ1v) is 2.98. The van der Waals surface area contributed by atoms with E-state index in [1.807, 2.05) is 12.1 Å². The maximum atomic E-state index is 5.52. The fourth-order valence-electron chi connectivity index (χ4n) is 0.997. The normalized spacial score (nSPS) is 13.3. The second-order valence-electron chi connectivity index (χ2n) is 2.27. The molecule has 0 amide bonds. The zero-order chi connectivity index (χ0) is 6.27. The van der Waals surface area contributed by atoms with Gasteiger partial charge < -0.3 is 11.1 Å². The van der Waals surface area contributed by atoms with Crippen molar-refractivity contribution < 1.29 is 0 Å². The van der Waals surface area contributed by atoms with Gasteiger partial charge in [0, 0.05) is 17.9 Å². The van der Waals surface area contributed by atoms with E-state index in [1.165, 1.54) is 11.3 Å². The third-order valence-corrected chi connectivity index (χ3v) is 1.60. The number of nitrogens with two attached hydrogens (primary N) is 1. The van der Waals surface area contributed by atoms with Gasteiger partial charge in [-0.2, -0.15) is 0 Å². The first kappa shape index (κ1) is 4.68. The molecule has 0 saturated carbocycles. The molecule has 1 aromatic rings. The van der Waals surface area contributed by atoms with Crippen LogP contribution in [-0.4, -0.2) is 0 Å². The van der Waals surface area contributed by atoms with E-state index in [2.05, 4.69) is 11.4 Å². The van der Waals surface area contributed by atoms with Crippen LogP contribution in [0, 0.1) is 0 Å². The Labute approximate surface area is 53.7 Å². The highest BCUT2D eigenvalue weighted by Crippen LogP contribution is 2.26. The molecule has 0 aliphatic carbocycles. The smallest absolute Gasteiger partial charge is 0.0421 e. The average Bonchev–Trinajstić information content (AvgIpc) is 1.78. The van der Waals surface area contributed by atoms with Crippen molar-refractivity contribution >= 4 is 11.4 Å². The Balaban J connectivity index is 2.57. The first-order valence-electron chi connectivity index (χ1n) is 2.98. The van der Waals surface area contributed by atoms with Crippen molar-refractivity contribution in [3.63, 3.8) is 0 Å². The molecule has 0 atom stereocenters. The Morgan fingerprint density at radius 3 is 2.78 bits per heavy atom. The highest BCUT2D eigenvalue weighted by molar-refractivity contribution is 5.65. The summed E-state index contributed by atoms with van der Waals surface area (Å²) in [6.45, 7) is 0.996. The first-order chi connectivity index (χ1) is 4.36. The van der Waals surface area contributed by atoms with Gasteiger partial charge in [-0.05, 0) is 17.7 Å². The van der Waals surface area contributed by atoms with Crippen LogP contribution in [0.4, 0.5) is 11.4 Å². The fraction of sp³-hybridized carbons (Fsp3) is 0.143. The maximum Gasteiger partial charge on any atom is 0.0421 e. The van der Waals surface area contributed by atoms with Crippen molar-refractivity contribution in [2.24, 2.45) is 0 Å². The molecule has 0 spiro atoms. The monoisotopic (exact) mass is 120 g/mol. The van der Waals surface area contributed by atoms with E-state index >= 15 is 0 Å². The predicted molar refractivity (Wildman–Crippen MR) is 38.2 cm³/mol. The van der Waals surface area contributed by atoms with Gasteiger partial charge in [0.05, 0.1) is 0 Å². The highest BCUT2D eigenvalue weighted by atomic mass is 14.9. The summed E-state index contributed by atoms with van der Waals surface area (Å²) in [7, 11) is 0. The molecular formula is C7H8N2. The van der Waals surface area contributed by atoms with E-state index in [4.69, 9.17) is 5.73 Å². The quantitative estimate of drug-likeness (QED) is 0.505. The summed E-state index contributed by atoms with van der Waals surface area (Å²) in [5.41, 5.74) is 8.91. The molecule has 1 aromatic carbocycles. The van der Waals surface area contributed by atoms with E-state index in [9.17, 15) is 0 Å². The summed E-state index contributed by atoms with van der Waals surface area (Å²) < 4.78 is 0. The van der Waals surface area contributed by atoms with E-state index in [0.29, 0.717) is 0 Å². The van der Waals surface area contributed by atoms with Crippen molar-refractivity contribution in [2.75, 3.05) is 11.1 Å². The molecule has 0 saturated heterocycles. The summed E-state index contributed by atoms with van der Waals surface area (Å²) in [4.78, 5) is 0. The number of nitrogen functional groups attached to an aromatic ring is 1. The number of hydrogen-bond acceptors (Lipinski definition) is 2. The number of fused-ring (bicyclic) bond motifs is 1. The molecule has 0 aromatic heterocycles. The van der Waals surface area contributed by atoms with Gasteiger partial charge in [0.25, 0.3) is 0 Å². The van der Waals surface area contributed by atoms with E-state index in [1.54, 1.807) is 0 Å².